The maximum atomic E-state index is 12.2. The third-order valence-electron chi connectivity index (χ3n) is 4.02. The van der Waals surface area contributed by atoms with E-state index in [2.05, 4.69) is 5.32 Å². The molecule has 2 aliphatic carbocycles. The van der Waals surface area contributed by atoms with Gasteiger partial charge in [-0.2, -0.15) is 0 Å². The van der Waals surface area contributed by atoms with Gasteiger partial charge < -0.3 is 10.4 Å². The van der Waals surface area contributed by atoms with Crippen LogP contribution in [0.25, 0.3) is 0 Å². The first-order valence-electron chi connectivity index (χ1n) is 6.84. The van der Waals surface area contributed by atoms with Crippen molar-refractivity contribution >= 4 is 17.2 Å². The molecule has 98 valence electrons. The molecule has 0 aromatic carbocycles. The number of rotatable bonds is 2. The maximum Gasteiger partial charge on any atom is 0.261 e. The van der Waals surface area contributed by atoms with E-state index in [-0.39, 0.29) is 18.1 Å². The van der Waals surface area contributed by atoms with Crippen molar-refractivity contribution < 1.29 is 9.90 Å². The molecular formula is C14H19NO2S. The Bertz CT molecular complexity index is 433. The van der Waals surface area contributed by atoms with E-state index in [4.69, 9.17) is 0 Å². The Morgan fingerprint density at radius 1 is 1.28 bits per heavy atom. The van der Waals surface area contributed by atoms with E-state index in [1.54, 1.807) is 11.3 Å². The van der Waals surface area contributed by atoms with Gasteiger partial charge in [0.05, 0.1) is 17.0 Å². The molecule has 1 amide bonds. The Kier molecular flexibility index (Phi) is 3.39. The quantitative estimate of drug-likeness (QED) is 0.862. The molecule has 2 aliphatic rings. The number of thiophene rings is 1. The van der Waals surface area contributed by atoms with Crippen LogP contribution < -0.4 is 5.32 Å². The highest BCUT2D eigenvalue weighted by atomic mass is 32.1. The van der Waals surface area contributed by atoms with Gasteiger partial charge in [-0.05, 0) is 43.7 Å². The van der Waals surface area contributed by atoms with E-state index in [1.165, 1.54) is 16.9 Å². The van der Waals surface area contributed by atoms with Gasteiger partial charge >= 0.3 is 0 Å². The standard InChI is InChI=1S/C14H19NO2S/c16-11-6-2-1-5-10(11)15-14(17)13-8-9-4-3-7-12(9)18-13/h8,10-11,16H,1-7H2,(H,15,17)/t10-,11-/m0/s1. The van der Waals surface area contributed by atoms with E-state index in [1.807, 2.05) is 6.07 Å². The molecule has 2 N–H and O–H groups in total. The zero-order valence-corrected chi connectivity index (χ0v) is 11.3. The van der Waals surface area contributed by atoms with Crippen LogP contribution >= 0.6 is 11.3 Å². The van der Waals surface area contributed by atoms with E-state index >= 15 is 0 Å². The highest BCUT2D eigenvalue weighted by molar-refractivity contribution is 7.14. The summed E-state index contributed by atoms with van der Waals surface area (Å²) in [7, 11) is 0. The molecule has 0 unspecified atom stereocenters. The van der Waals surface area contributed by atoms with Gasteiger partial charge in [0.1, 0.15) is 0 Å². The average molecular weight is 265 g/mol. The Morgan fingerprint density at radius 3 is 2.89 bits per heavy atom. The monoisotopic (exact) mass is 265 g/mol. The number of aryl methyl sites for hydroxylation is 2. The molecule has 0 bridgehead atoms. The van der Waals surface area contributed by atoms with Gasteiger partial charge in [0.25, 0.3) is 5.91 Å². The zero-order chi connectivity index (χ0) is 12.5. The van der Waals surface area contributed by atoms with Crippen LogP contribution in [0.15, 0.2) is 6.07 Å². The van der Waals surface area contributed by atoms with Gasteiger partial charge in [-0.1, -0.05) is 12.8 Å². The maximum absolute atomic E-state index is 12.2. The van der Waals surface area contributed by atoms with Crippen LogP contribution in [0.4, 0.5) is 0 Å². The van der Waals surface area contributed by atoms with Gasteiger partial charge in [0.2, 0.25) is 0 Å². The lowest BCUT2D eigenvalue weighted by molar-refractivity contribution is 0.0720. The van der Waals surface area contributed by atoms with E-state index in [0.717, 1.165) is 43.4 Å². The molecule has 1 heterocycles. The summed E-state index contributed by atoms with van der Waals surface area (Å²) in [5.74, 6) is 0.000324. The number of fused-ring (bicyclic) bond motifs is 1. The molecule has 2 atom stereocenters. The number of aliphatic hydroxyl groups is 1. The largest absolute Gasteiger partial charge is 0.391 e. The van der Waals surface area contributed by atoms with Crippen LogP contribution in [-0.4, -0.2) is 23.2 Å². The summed E-state index contributed by atoms with van der Waals surface area (Å²) in [4.78, 5) is 14.3. The van der Waals surface area contributed by atoms with Crippen molar-refractivity contribution in [3.05, 3.63) is 21.4 Å². The van der Waals surface area contributed by atoms with Crippen molar-refractivity contribution in [3.8, 4) is 0 Å². The molecule has 0 aliphatic heterocycles. The second kappa shape index (κ2) is 5.02. The van der Waals surface area contributed by atoms with Gasteiger partial charge in [-0.25, -0.2) is 0 Å². The molecule has 1 fully saturated rings. The molecule has 1 saturated carbocycles. The summed E-state index contributed by atoms with van der Waals surface area (Å²) in [5, 5.41) is 12.9. The number of hydrogen-bond acceptors (Lipinski definition) is 3. The van der Waals surface area contributed by atoms with Crippen LogP contribution in [0.3, 0.4) is 0 Å². The summed E-state index contributed by atoms with van der Waals surface area (Å²) in [6.45, 7) is 0. The molecule has 0 saturated heterocycles. The summed E-state index contributed by atoms with van der Waals surface area (Å²) in [5.41, 5.74) is 1.36. The van der Waals surface area contributed by atoms with Crippen molar-refractivity contribution in [3.63, 3.8) is 0 Å². The first-order chi connectivity index (χ1) is 8.74. The van der Waals surface area contributed by atoms with E-state index in [0.29, 0.717) is 0 Å². The molecule has 18 heavy (non-hydrogen) atoms. The SMILES string of the molecule is O=C(N[C@H]1CCCC[C@@H]1O)c1cc2c(s1)CCC2. The summed E-state index contributed by atoms with van der Waals surface area (Å²) in [6, 6.07) is 1.99. The highest BCUT2D eigenvalue weighted by Gasteiger charge is 2.26. The predicted octanol–water partition coefficient (Wildman–Crippen LogP) is 2.27. The van der Waals surface area contributed by atoms with E-state index < -0.39 is 0 Å². The average Bonchev–Trinajstić information content (AvgIpc) is 2.92. The van der Waals surface area contributed by atoms with Crippen molar-refractivity contribution in [2.45, 2.75) is 57.1 Å². The smallest absolute Gasteiger partial charge is 0.261 e. The van der Waals surface area contributed by atoms with Crippen molar-refractivity contribution in [2.75, 3.05) is 0 Å². The number of carbonyl (C=O) groups excluding carboxylic acids is 1. The first kappa shape index (κ1) is 12.2. The molecule has 3 nitrogen and oxygen atoms in total. The Hall–Kier alpha value is -0.870. The van der Waals surface area contributed by atoms with E-state index in [9.17, 15) is 9.90 Å². The zero-order valence-electron chi connectivity index (χ0n) is 10.4. The molecule has 4 heteroatoms. The third kappa shape index (κ3) is 2.31. The van der Waals surface area contributed by atoms with Crippen molar-refractivity contribution in [2.24, 2.45) is 0 Å². The Labute approximate surface area is 111 Å². The lowest BCUT2D eigenvalue weighted by Crippen LogP contribution is -2.44. The second-order valence-electron chi connectivity index (χ2n) is 5.34. The molecule has 0 radical (unpaired) electrons. The molecule has 3 rings (SSSR count). The second-order valence-corrected chi connectivity index (χ2v) is 6.48. The van der Waals surface area contributed by atoms with Crippen LogP contribution in [0, 0.1) is 0 Å². The van der Waals surface area contributed by atoms with Crippen molar-refractivity contribution in [1.29, 1.82) is 0 Å². The summed E-state index contributed by atoms with van der Waals surface area (Å²) in [6.07, 6.45) is 6.98. The number of aliphatic hydroxyl groups excluding tert-OH is 1. The third-order valence-corrected chi connectivity index (χ3v) is 5.25. The Balaban J connectivity index is 1.66. The Morgan fingerprint density at radius 2 is 2.11 bits per heavy atom. The summed E-state index contributed by atoms with van der Waals surface area (Å²) >= 11 is 1.63. The normalized spacial score (nSPS) is 26.9. The van der Waals surface area contributed by atoms with Crippen LogP contribution in [0.5, 0.6) is 0 Å². The van der Waals surface area contributed by atoms with Crippen LogP contribution in [0.2, 0.25) is 0 Å². The fraction of sp³-hybridized carbons (Fsp3) is 0.643. The molecule has 1 aromatic rings. The lowest BCUT2D eigenvalue weighted by Gasteiger charge is -2.28. The topological polar surface area (TPSA) is 49.3 Å². The minimum Gasteiger partial charge on any atom is -0.391 e. The van der Waals surface area contributed by atoms with Gasteiger partial charge in [-0.3, -0.25) is 4.79 Å². The fourth-order valence-corrected chi connectivity index (χ4v) is 4.12. The molecule has 1 aromatic heterocycles. The number of nitrogens with one attached hydrogen (secondary N) is 1. The van der Waals surface area contributed by atoms with Crippen molar-refractivity contribution in [1.82, 2.24) is 5.32 Å². The molecule has 0 spiro atoms. The number of hydrogen-bond donors (Lipinski definition) is 2. The van der Waals surface area contributed by atoms with Gasteiger partial charge in [-0.15, -0.1) is 11.3 Å². The predicted molar refractivity (Wildman–Crippen MR) is 72.1 cm³/mol. The fourth-order valence-electron chi connectivity index (χ4n) is 2.96. The highest BCUT2D eigenvalue weighted by Crippen LogP contribution is 2.30. The summed E-state index contributed by atoms with van der Waals surface area (Å²) < 4.78 is 0. The minimum absolute atomic E-state index is 0.000324. The lowest BCUT2D eigenvalue weighted by atomic mass is 9.92. The first-order valence-corrected chi connectivity index (χ1v) is 7.66. The number of amides is 1. The number of carbonyl (C=O) groups is 1. The van der Waals surface area contributed by atoms with Crippen LogP contribution in [-0.2, 0) is 12.8 Å². The minimum atomic E-state index is -0.366. The van der Waals surface area contributed by atoms with Gasteiger partial charge in [0.15, 0.2) is 0 Å². The molecular weight excluding hydrogens is 246 g/mol. The van der Waals surface area contributed by atoms with Crippen LogP contribution in [0.1, 0.15) is 52.2 Å². The van der Waals surface area contributed by atoms with Gasteiger partial charge in [0, 0.05) is 4.88 Å².